The second kappa shape index (κ2) is 16.2. The largest absolute Gasteiger partial charge is 0.496 e. The van der Waals surface area contributed by atoms with Gasteiger partial charge in [-0.05, 0) is 61.6 Å². The van der Waals surface area contributed by atoms with Crippen LogP contribution in [0.3, 0.4) is 0 Å². The molecule has 0 bridgehead atoms. The number of hydrogen-bond acceptors (Lipinski definition) is 6. The molecule has 41 heavy (non-hydrogen) atoms. The maximum atomic E-state index is 13.1. The molecule has 2 aromatic rings. The molecule has 1 saturated heterocycles. The van der Waals surface area contributed by atoms with E-state index in [1.807, 2.05) is 6.92 Å². The fourth-order valence-electron chi connectivity index (χ4n) is 4.59. The van der Waals surface area contributed by atoms with Crippen molar-refractivity contribution >= 4 is 29.4 Å². The van der Waals surface area contributed by atoms with Crippen molar-refractivity contribution in [1.29, 1.82) is 0 Å². The van der Waals surface area contributed by atoms with Gasteiger partial charge in [0.2, 0.25) is 11.8 Å². The summed E-state index contributed by atoms with van der Waals surface area (Å²) >= 11 is 0. The predicted octanol–water partition coefficient (Wildman–Crippen LogP) is 3.67. The molecule has 0 saturated carbocycles. The zero-order valence-electron chi connectivity index (χ0n) is 23.6. The van der Waals surface area contributed by atoms with Gasteiger partial charge in [0.05, 0.1) is 25.2 Å². The highest BCUT2D eigenvalue weighted by Crippen LogP contribution is 2.24. The molecular formula is C31H39N3O7. The Morgan fingerprint density at radius 2 is 1.85 bits per heavy atom. The molecular weight excluding hydrogens is 526 g/mol. The van der Waals surface area contributed by atoms with Gasteiger partial charge in [-0.25, -0.2) is 4.79 Å². The van der Waals surface area contributed by atoms with Crippen molar-refractivity contribution in [3.8, 4) is 5.75 Å². The summed E-state index contributed by atoms with van der Waals surface area (Å²) in [4.78, 5) is 51.9. The lowest BCUT2D eigenvalue weighted by Crippen LogP contribution is -2.50. The number of carboxylic acids is 1. The first-order valence-corrected chi connectivity index (χ1v) is 13.9. The van der Waals surface area contributed by atoms with Crippen LogP contribution < -0.4 is 15.4 Å². The normalized spacial score (nSPS) is 15.8. The van der Waals surface area contributed by atoms with E-state index < -0.39 is 23.8 Å². The summed E-state index contributed by atoms with van der Waals surface area (Å²) in [6.45, 7) is 4.00. The lowest BCUT2D eigenvalue weighted by Gasteiger charge is -2.33. The Morgan fingerprint density at radius 3 is 2.56 bits per heavy atom. The van der Waals surface area contributed by atoms with Crippen molar-refractivity contribution in [2.75, 3.05) is 38.7 Å². The number of nitrogens with zero attached hydrogens (tertiary/aromatic N) is 1. The quantitative estimate of drug-likeness (QED) is 0.235. The average Bonchev–Trinajstić information content (AvgIpc) is 2.99. The van der Waals surface area contributed by atoms with Crippen LogP contribution in [0.1, 0.15) is 48.5 Å². The minimum atomic E-state index is -1.15. The molecule has 10 heteroatoms. The Morgan fingerprint density at radius 1 is 1.10 bits per heavy atom. The minimum Gasteiger partial charge on any atom is -0.496 e. The molecule has 1 heterocycles. The summed E-state index contributed by atoms with van der Waals surface area (Å²) in [5, 5.41) is 15.2. The smallest absolute Gasteiger partial charge is 0.326 e. The van der Waals surface area contributed by atoms with Gasteiger partial charge >= 0.3 is 5.97 Å². The number of piperidine rings is 1. The van der Waals surface area contributed by atoms with E-state index in [1.54, 1.807) is 59.5 Å². The summed E-state index contributed by atoms with van der Waals surface area (Å²) < 4.78 is 10.7. The summed E-state index contributed by atoms with van der Waals surface area (Å²) in [6.07, 6.45) is 6.06. The summed E-state index contributed by atoms with van der Waals surface area (Å²) in [5.41, 5.74) is 1.69. The number of carbonyl (C=O) groups is 4. The highest BCUT2D eigenvalue weighted by molar-refractivity contribution is 5.99. The fourth-order valence-corrected chi connectivity index (χ4v) is 4.59. The van der Waals surface area contributed by atoms with E-state index in [2.05, 4.69) is 10.6 Å². The zero-order chi connectivity index (χ0) is 29.6. The first kappa shape index (κ1) is 31.3. The lowest BCUT2D eigenvalue weighted by molar-refractivity contribution is -0.142. The molecule has 3 amide bonds. The van der Waals surface area contributed by atoms with Crippen LogP contribution in [0.15, 0.2) is 60.7 Å². The van der Waals surface area contributed by atoms with Gasteiger partial charge in [-0.1, -0.05) is 37.3 Å². The van der Waals surface area contributed by atoms with Crippen LogP contribution in [0.5, 0.6) is 5.75 Å². The number of hydrogen-bond donors (Lipinski definition) is 3. The fraction of sp³-hybridized carbons (Fsp3) is 0.419. The van der Waals surface area contributed by atoms with Gasteiger partial charge in [0.1, 0.15) is 11.8 Å². The molecule has 0 radical (unpaired) electrons. The number of para-hydroxylation sites is 1. The third-order valence-corrected chi connectivity index (χ3v) is 6.74. The second-order valence-corrected chi connectivity index (χ2v) is 9.88. The molecule has 3 N–H and O–H groups in total. The SMILES string of the molecule is CCCOCC/C=C/C(=O)Nc1ccc(C[C@H](NC(=O)C2CCCN(C(=O)c3ccccc3OC)C2)C(=O)O)cc1. The first-order valence-electron chi connectivity index (χ1n) is 13.9. The number of rotatable bonds is 14. The van der Waals surface area contributed by atoms with Crippen molar-refractivity contribution in [2.45, 2.75) is 45.1 Å². The molecule has 2 aromatic carbocycles. The molecule has 220 valence electrons. The van der Waals surface area contributed by atoms with E-state index in [1.165, 1.54) is 13.2 Å². The second-order valence-electron chi connectivity index (χ2n) is 9.88. The van der Waals surface area contributed by atoms with Gasteiger partial charge in [-0.2, -0.15) is 0 Å². The van der Waals surface area contributed by atoms with Gasteiger partial charge in [0.25, 0.3) is 5.91 Å². The maximum Gasteiger partial charge on any atom is 0.326 e. The molecule has 1 fully saturated rings. The van der Waals surface area contributed by atoms with E-state index in [9.17, 15) is 24.3 Å². The Bertz CT molecular complexity index is 1210. The van der Waals surface area contributed by atoms with E-state index in [0.29, 0.717) is 61.6 Å². The molecule has 1 aliphatic heterocycles. The molecule has 2 atom stereocenters. The molecule has 0 aromatic heterocycles. The Labute approximate surface area is 240 Å². The van der Waals surface area contributed by atoms with Crippen molar-refractivity contribution in [3.05, 3.63) is 71.8 Å². The number of carboxylic acid groups (broad SMARTS) is 1. The molecule has 10 nitrogen and oxygen atoms in total. The number of benzene rings is 2. The van der Waals surface area contributed by atoms with E-state index >= 15 is 0 Å². The van der Waals surface area contributed by atoms with E-state index in [-0.39, 0.29) is 24.8 Å². The Balaban J connectivity index is 1.53. The Hall–Kier alpha value is -4.18. The number of carbonyl (C=O) groups excluding carboxylic acids is 3. The summed E-state index contributed by atoms with van der Waals surface area (Å²) in [6, 6.07) is 12.6. The van der Waals surface area contributed by atoms with Crippen LogP contribution in [-0.4, -0.2) is 73.2 Å². The summed E-state index contributed by atoms with van der Waals surface area (Å²) in [5.74, 6) is -2.10. The monoisotopic (exact) mass is 565 g/mol. The van der Waals surface area contributed by atoms with Crippen LogP contribution in [0, 0.1) is 5.92 Å². The first-order chi connectivity index (χ1) is 19.8. The van der Waals surface area contributed by atoms with Gasteiger partial charge in [0, 0.05) is 31.8 Å². The van der Waals surface area contributed by atoms with Crippen molar-refractivity contribution in [3.63, 3.8) is 0 Å². The van der Waals surface area contributed by atoms with Crippen LogP contribution in [0.4, 0.5) is 5.69 Å². The van der Waals surface area contributed by atoms with E-state index in [4.69, 9.17) is 9.47 Å². The van der Waals surface area contributed by atoms with Crippen LogP contribution in [0.25, 0.3) is 0 Å². The van der Waals surface area contributed by atoms with E-state index in [0.717, 1.165) is 6.42 Å². The highest BCUT2D eigenvalue weighted by Gasteiger charge is 2.32. The number of anilines is 1. The standard InChI is InChI=1S/C31H39N3O7/c1-3-18-41-19-7-6-12-28(35)32-24-15-13-22(14-16-24)20-26(31(38)39)33-29(36)23-9-8-17-34(21-23)30(37)25-10-4-5-11-27(25)40-2/h4-6,10-16,23,26H,3,7-9,17-21H2,1-2H3,(H,32,35)(H,33,36)(H,38,39)/b12-6+/t23?,26-/m0/s1. The third-order valence-electron chi connectivity index (χ3n) is 6.74. The highest BCUT2D eigenvalue weighted by atomic mass is 16.5. The number of ether oxygens (including phenoxy) is 2. The molecule has 1 unspecified atom stereocenters. The van der Waals surface area contributed by atoms with Crippen LogP contribution in [0.2, 0.25) is 0 Å². The minimum absolute atomic E-state index is 0.0730. The van der Waals surface area contributed by atoms with Crippen molar-refractivity contribution < 1.29 is 33.8 Å². The zero-order valence-corrected chi connectivity index (χ0v) is 23.6. The third kappa shape index (κ3) is 9.75. The maximum absolute atomic E-state index is 13.1. The molecule has 1 aliphatic rings. The summed E-state index contributed by atoms with van der Waals surface area (Å²) in [7, 11) is 1.50. The predicted molar refractivity (Wildman–Crippen MR) is 155 cm³/mol. The van der Waals surface area contributed by atoms with Gasteiger partial charge in [-0.15, -0.1) is 0 Å². The topological polar surface area (TPSA) is 134 Å². The van der Waals surface area contributed by atoms with Crippen molar-refractivity contribution in [2.24, 2.45) is 5.92 Å². The van der Waals surface area contributed by atoms with Crippen LogP contribution in [-0.2, 0) is 25.5 Å². The molecule has 0 aliphatic carbocycles. The number of likely N-dealkylation sites (tertiary alicyclic amines) is 1. The van der Waals surface area contributed by atoms with Crippen LogP contribution >= 0.6 is 0 Å². The van der Waals surface area contributed by atoms with Gasteiger partial charge in [0.15, 0.2) is 0 Å². The average molecular weight is 566 g/mol. The molecule has 3 rings (SSSR count). The number of nitrogens with one attached hydrogen (secondary N) is 2. The number of amides is 3. The number of aliphatic carboxylic acids is 1. The lowest BCUT2D eigenvalue weighted by atomic mass is 9.95. The Kier molecular flexibility index (Phi) is 12.4. The van der Waals surface area contributed by atoms with Crippen molar-refractivity contribution in [1.82, 2.24) is 10.2 Å². The number of methoxy groups -OCH3 is 1. The molecule has 0 spiro atoms. The van der Waals surface area contributed by atoms with Gasteiger partial charge in [-0.3, -0.25) is 14.4 Å². The van der Waals surface area contributed by atoms with Gasteiger partial charge < -0.3 is 30.1 Å².